The van der Waals surface area contributed by atoms with Crippen molar-refractivity contribution < 1.29 is 0 Å². The van der Waals surface area contributed by atoms with Gasteiger partial charge in [-0.15, -0.1) is 0 Å². The molecule has 0 unspecified atom stereocenters. The first-order chi connectivity index (χ1) is 9.46. The third-order valence-corrected chi connectivity index (χ3v) is 3.12. The fourth-order valence-corrected chi connectivity index (χ4v) is 2.26. The molecule has 0 bridgehead atoms. The van der Waals surface area contributed by atoms with E-state index in [1.165, 1.54) is 5.56 Å². The van der Waals surface area contributed by atoms with Crippen LogP contribution in [-0.4, -0.2) is 25.1 Å². The average molecular weight is 269 g/mol. The van der Waals surface area contributed by atoms with Crippen LogP contribution in [0.2, 0.25) is 0 Å². The molecule has 0 saturated heterocycles. The molecule has 0 saturated carbocycles. The molecule has 5 nitrogen and oxygen atoms in total. The number of hydrogen-bond donors (Lipinski definition) is 2. The van der Waals surface area contributed by atoms with Crippen LogP contribution in [0, 0.1) is 6.92 Å². The maximum atomic E-state index is 4.65. The fraction of sp³-hybridized carbons (Fsp3) is 0.333. The Morgan fingerprint density at radius 1 is 1.20 bits per heavy atom. The molecule has 0 atom stereocenters. The van der Waals surface area contributed by atoms with Gasteiger partial charge in [0, 0.05) is 11.1 Å². The molecule has 0 amide bonds. The number of imidazole rings is 1. The smallest absolute Gasteiger partial charge is 0.252 e. The molecule has 3 aromatic rings. The lowest BCUT2D eigenvalue weighted by Gasteiger charge is -2.22. The van der Waals surface area contributed by atoms with Crippen molar-refractivity contribution in [2.45, 2.75) is 33.2 Å². The predicted molar refractivity (Wildman–Crippen MR) is 80.9 cm³/mol. The van der Waals surface area contributed by atoms with Crippen molar-refractivity contribution in [3.05, 3.63) is 36.2 Å². The van der Waals surface area contributed by atoms with Crippen molar-refractivity contribution >= 4 is 11.6 Å². The summed E-state index contributed by atoms with van der Waals surface area (Å²) < 4.78 is 1.88. The molecule has 0 fully saturated rings. The van der Waals surface area contributed by atoms with Gasteiger partial charge in [-0.2, -0.15) is 0 Å². The van der Waals surface area contributed by atoms with Crippen LogP contribution in [-0.2, 0) is 0 Å². The second kappa shape index (κ2) is 4.37. The number of nitrogens with zero attached hydrogens (tertiary/aromatic N) is 3. The van der Waals surface area contributed by atoms with Gasteiger partial charge in [-0.1, -0.05) is 24.3 Å². The van der Waals surface area contributed by atoms with Gasteiger partial charge in [0.15, 0.2) is 5.82 Å². The Labute approximate surface area is 118 Å². The molecular formula is C15H19N5. The van der Waals surface area contributed by atoms with Gasteiger partial charge in [-0.25, -0.2) is 14.5 Å². The van der Waals surface area contributed by atoms with E-state index in [0.717, 1.165) is 17.1 Å². The van der Waals surface area contributed by atoms with E-state index in [4.69, 9.17) is 0 Å². The third-order valence-electron chi connectivity index (χ3n) is 3.12. The molecule has 0 aliphatic heterocycles. The number of benzene rings is 1. The maximum Gasteiger partial charge on any atom is 0.252 e. The van der Waals surface area contributed by atoms with Crippen LogP contribution >= 0.6 is 0 Å². The van der Waals surface area contributed by atoms with Gasteiger partial charge in [-0.3, -0.25) is 5.10 Å². The third kappa shape index (κ3) is 2.15. The number of aryl methyl sites for hydroxylation is 1. The van der Waals surface area contributed by atoms with Gasteiger partial charge in [0.05, 0.1) is 0 Å². The number of nitrogens with one attached hydrogen (secondary N) is 2. The fourth-order valence-electron chi connectivity index (χ4n) is 2.26. The van der Waals surface area contributed by atoms with E-state index < -0.39 is 0 Å². The van der Waals surface area contributed by atoms with Gasteiger partial charge in [0.1, 0.15) is 12.0 Å². The van der Waals surface area contributed by atoms with Gasteiger partial charge in [-0.05, 0) is 33.3 Å². The van der Waals surface area contributed by atoms with Gasteiger partial charge < -0.3 is 5.32 Å². The lowest BCUT2D eigenvalue weighted by molar-refractivity contribution is 0.627. The van der Waals surface area contributed by atoms with E-state index in [-0.39, 0.29) is 5.54 Å². The number of fused-ring (bicyclic) bond motifs is 1. The summed E-state index contributed by atoms with van der Waals surface area (Å²) in [5.74, 6) is 1.62. The van der Waals surface area contributed by atoms with E-state index >= 15 is 0 Å². The zero-order valence-corrected chi connectivity index (χ0v) is 12.2. The van der Waals surface area contributed by atoms with Crippen LogP contribution in [0.15, 0.2) is 30.6 Å². The minimum Gasteiger partial charge on any atom is -0.364 e. The van der Waals surface area contributed by atoms with Crippen LogP contribution < -0.4 is 5.32 Å². The monoisotopic (exact) mass is 269 g/mol. The topological polar surface area (TPSA) is 58.0 Å². The normalized spacial score (nSPS) is 12.0. The standard InChI is InChI=1S/C15H19N5/c1-10-7-5-6-8-11(10)12-13(19-15(2,3)4)20-14(18-12)16-9-17-20/h5-9,19H,1-4H3,(H,16,17,18). The SMILES string of the molecule is Cc1ccccc1-c1nc2nc[nH]n2c1NC(C)(C)C. The van der Waals surface area contributed by atoms with Gasteiger partial charge in [0.2, 0.25) is 0 Å². The van der Waals surface area contributed by atoms with Gasteiger partial charge >= 0.3 is 0 Å². The van der Waals surface area contributed by atoms with Crippen molar-refractivity contribution in [3.63, 3.8) is 0 Å². The number of aromatic amines is 1. The highest BCUT2D eigenvalue weighted by molar-refractivity contribution is 5.77. The Morgan fingerprint density at radius 2 is 1.95 bits per heavy atom. The van der Waals surface area contributed by atoms with Crippen LogP contribution in [0.3, 0.4) is 0 Å². The van der Waals surface area contributed by atoms with E-state index in [9.17, 15) is 0 Å². The number of H-pyrrole nitrogens is 1. The molecule has 1 aromatic carbocycles. The Morgan fingerprint density at radius 3 is 2.65 bits per heavy atom. The maximum absolute atomic E-state index is 4.65. The molecule has 20 heavy (non-hydrogen) atoms. The largest absolute Gasteiger partial charge is 0.364 e. The van der Waals surface area contributed by atoms with Crippen molar-refractivity contribution in [3.8, 4) is 11.3 Å². The molecule has 0 radical (unpaired) electrons. The zero-order chi connectivity index (χ0) is 14.3. The summed E-state index contributed by atoms with van der Waals surface area (Å²) >= 11 is 0. The summed E-state index contributed by atoms with van der Waals surface area (Å²) in [4.78, 5) is 8.89. The summed E-state index contributed by atoms with van der Waals surface area (Å²) in [5.41, 5.74) is 3.19. The van der Waals surface area contributed by atoms with Crippen molar-refractivity contribution in [2.75, 3.05) is 5.32 Å². The molecule has 104 valence electrons. The van der Waals surface area contributed by atoms with Crippen molar-refractivity contribution in [2.24, 2.45) is 0 Å². The second-order valence-electron chi connectivity index (χ2n) is 6.02. The lowest BCUT2D eigenvalue weighted by Crippen LogP contribution is -2.27. The Balaban J connectivity index is 2.22. The van der Waals surface area contributed by atoms with Gasteiger partial charge in [0.25, 0.3) is 5.78 Å². The zero-order valence-electron chi connectivity index (χ0n) is 12.2. The second-order valence-corrected chi connectivity index (χ2v) is 6.02. The predicted octanol–water partition coefficient (Wildman–Crippen LogP) is 3.24. The number of anilines is 1. The molecule has 2 N–H and O–H groups in total. The summed E-state index contributed by atoms with van der Waals surface area (Å²) in [6.07, 6.45) is 1.65. The molecule has 2 heterocycles. The number of hydrogen-bond acceptors (Lipinski definition) is 3. The number of aromatic nitrogens is 4. The minimum atomic E-state index is -0.0570. The number of rotatable bonds is 2. The first-order valence-corrected chi connectivity index (χ1v) is 6.72. The molecule has 0 spiro atoms. The van der Waals surface area contributed by atoms with Crippen molar-refractivity contribution in [1.29, 1.82) is 0 Å². The van der Waals surface area contributed by atoms with E-state index in [2.05, 4.69) is 60.2 Å². The molecular weight excluding hydrogens is 250 g/mol. The first kappa shape index (κ1) is 12.7. The van der Waals surface area contributed by atoms with Crippen LogP contribution in [0.1, 0.15) is 26.3 Å². The quantitative estimate of drug-likeness (QED) is 0.751. The van der Waals surface area contributed by atoms with Crippen LogP contribution in [0.5, 0.6) is 0 Å². The minimum absolute atomic E-state index is 0.0570. The highest BCUT2D eigenvalue weighted by atomic mass is 15.4. The molecule has 5 heteroatoms. The Kier molecular flexibility index (Phi) is 2.78. The molecule has 0 aliphatic carbocycles. The van der Waals surface area contributed by atoms with Crippen LogP contribution in [0.25, 0.3) is 17.0 Å². The Bertz CT molecular complexity index is 745. The van der Waals surface area contributed by atoms with Crippen molar-refractivity contribution in [1.82, 2.24) is 19.6 Å². The molecule has 0 aliphatic rings. The average Bonchev–Trinajstić information content (AvgIpc) is 2.91. The lowest BCUT2D eigenvalue weighted by atomic mass is 10.0. The summed E-state index contributed by atoms with van der Waals surface area (Å²) in [6, 6.07) is 8.25. The summed E-state index contributed by atoms with van der Waals surface area (Å²) in [6.45, 7) is 8.48. The Hall–Kier alpha value is -2.30. The molecule has 2 aromatic heterocycles. The first-order valence-electron chi connectivity index (χ1n) is 6.72. The molecule has 3 rings (SSSR count). The van der Waals surface area contributed by atoms with E-state index in [1.807, 2.05) is 16.6 Å². The van der Waals surface area contributed by atoms with E-state index in [0.29, 0.717) is 5.78 Å². The highest BCUT2D eigenvalue weighted by Crippen LogP contribution is 2.31. The summed E-state index contributed by atoms with van der Waals surface area (Å²) in [5, 5.41) is 6.61. The summed E-state index contributed by atoms with van der Waals surface area (Å²) in [7, 11) is 0. The highest BCUT2D eigenvalue weighted by Gasteiger charge is 2.21. The van der Waals surface area contributed by atoms with Crippen LogP contribution in [0.4, 0.5) is 5.82 Å². The van der Waals surface area contributed by atoms with E-state index in [1.54, 1.807) is 6.33 Å².